The van der Waals surface area contributed by atoms with E-state index in [1.807, 2.05) is 0 Å². The summed E-state index contributed by atoms with van der Waals surface area (Å²) in [6, 6.07) is 8.48. The number of benzene rings is 2. The van der Waals surface area contributed by atoms with Crippen LogP contribution in [0.15, 0.2) is 49.1 Å². The maximum Gasteiger partial charge on any atom is 0.269 e. The number of non-ortho nitro benzene ring substituents is 2. The van der Waals surface area contributed by atoms with E-state index in [0.29, 0.717) is 34.2 Å². The second kappa shape index (κ2) is 10.4. The van der Waals surface area contributed by atoms with Gasteiger partial charge in [-0.1, -0.05) is 0 Å². The number of nitrogens with zero attached hydrogens (tertiary/aromatic N) is 8. The van der Waals surface area contributed by atoms with E-state index in [4.69, 9.17) is 0 Å². The first-order chi connectivity index (χ1) is 16.2. The van der Waals surface area contributed by atoms with Crippen LogP contribution in [0.4, 0.5) is 11.4 Å². The van der Waals surface area contributed by atoms with Gasteiger partial charge in [0, 0.05) is 35.4 Å². The van der Waals surface area contributed by atoms with Gasteiger partial charge in [0.2, 0.25) is 0 Å². The molecule has 14 nitrogen and oxygen atoms in total. The fraction of sp³-hybridized carbons (Fsp3) is 0.200. The second-order valence-electron chi connectivity index (χ2n) is 6.91. The first-order valence-corrected chi connectivity index (χ1v) is 9.77. The molecule has 0 unspecified atom stereocenters. The van der Waals surface area contributed by atoms with Gasteiger partial charge in [-0.3, -0.25) is 20.2 Å². The molecular weight excluding hydrogens is 448 g/mol. The minimum absolute atomic E-state index is 0.0597. The van der Waals surface area contributed by atoms with Crippen molar-refractivity contribution < 1.29 is 20.1 Å². The van der Waals surface area contributed by atoms with Gasteiger partial charge in [-0.25, -0.2) is 19.3 Å². The molecule has 176 valence electrons. The molecule has 14 heteroatoms. The number of hydrogen-bond donors (Lipinski definition) is 2. The van der Waals surface area contributed by atoms with Crippen molar-refractivity contribution in [2.24, 2.45) is 0 Å². The summed E-state index contributed by atoms with van der Waals surface area (Å²) >= 11 is 0. The summed E-state index contributed by atoms with van der Waals surface area (Å²) in [7, 11) is 0. The van der Waals surface area contributed by atoms with Gasteiger partial charge in [-0.2, -0.15) is 10.2 Å². The Bertz CT molecular complexity index is 1330. The van der Waals surface area contributed by atoms with Crippen molar-refractivity contribution in [3.05, 3.63) is 92.1 Å². The summed E-state index contributed by atoms with van der Waals surface area (Å²) in [4.78, 5) is 28.2. The molecule has 4 rings (SSSR count). The van der Waals surface area contributed by atoms with Crippen molar-refractivity contribution in [1.29, 1.82) is 0 Å². The molecule has 2 aromatic heterocycles. The molecule has 0 radical (unpaired) electrons. The van der Waals surface area contributed by atoms with E-state index in [0.717, 1.165) is 0 Å². The Kier molecular flexibility index (Phi) is 7.35. The summed E-state index contributed by atoms with van der Waals surface area (Å²) in [6.07, 6.45) is 2.88. The zero-order valence-electron chi connectivity index (χ0n) is 18.1. The van der Waals surface area contributed by atoms with Crippen LogP contribution in [0.5, 0.6) is 0 Å². The van der Waals surface area contributed by atoms with Crippen molar-refractivity contribution in [3.8, 4) is 11.4 Å². The van der Waals surface area contributed by atoms with Gasteiger partial charge in [0.15, 0.2) is 0 Å². The quantitative estimate of drug-likeness (QED) is 0.312. The Balaban J connectivity index is 0.000000191. The Hall–Kier alpha value is -4.56. The monoisotopic (exact) mass is 468 g/mol. The van der Waals surface area contributed by atoms with Crippen LogP contribution < -0.4 is 0 Å². The molecule has 0 saturated heterocycles. The molecule has 0 aliphatic carbocycles. The van der Waals surface area contributed by atoms with Gasteiger partial charge < -0.3 is 10.2 Å². The van der Waals surface area contributed by atoms with E-state index in [-0.39, 0.29) is 24.6 Å². The highest BCUT2D eigenvalue weighted by Crippen LogP contribution is 2.22. The van der Waals surface area contributed by atoms with E-state index in [9.17, 15) is 30.4 Å². The molecule has 0 aliphatic heterocycles. The van der Waals surface area contributed by atoms with Crippen LogP contribution in [0.25, 0.3) is 11.4 Å². The van der Waals surface area contributed by atoms with Gasteiger partial charge in [-0.15, -0.1) is 0 Å². The third-order valence-electron chi connectivity index (χ3n) is 4.69. The lowest BCUT2D eigenvalue weighted by atomic mass is 10.1. The molecule has 4 aromatic rings. The topological polar surface area (TPSA) is 188 Å². The summed E-state index contributed by atoms with van der Waals surface area (Å²) < 4.78 is 3.00. The molecule has 2 N–H and O–H groups in total. The molecule has 2 heterocycles. The van der Waals surface area contributed by atoms with Gasteiger partial charge in [0.1, 0.15) is 24.3 Å². The third kappa shape index (κ3) is 5.25. The lowest BCUT2D eigenvalue weighted by molar-refractivity contribution is -0.385. The highest BCUT2D eigenvalue weighted by molar-refractivity contribution is 5.48. The Morgan fingerprint density at radius 1 is 0.882 bits per heavy atom. The van der Waals surface area contributed by atoms with Crippen molar-refractivity contribution in [3.63, 3.8) is 0 Å². The SMILES string of the molecule is Cc1ncn(-c2ccc([N+](=O)[O-])cc2CO)n1.Cc1ncnn1-c1ccc([N+](=O)[O-])cc1CO. The molecule has 0 bridgehead atoms. The number of aryl methyl sites for hydroxylation is 2. The smallest absolute Gasteiger partial charge is 0.269 e. The second-order valence-corrected chi connectivity index (χ2v) is 6.91. The van der Waals surface area contributed by atoms with Gasteiger partial charge in [0.25, 0.3) is 11.4 Å². The molecule has 0 fully saturated rings. The van der Waals surface area contributed by atoms with Crippen molar-refractivity contribution in [1.82, 2.24) is 29.5 Å². The van der Waals surface area contributed by atoms with E-state index >= 15 is 0 Å². The van der Waals surface area contributed by atoms with Crippen LogP contribution in [-0.4, -0.2) is 49.6 Å². The maximum atomic E-state index is 10.6. The van der Waals surface area contributed by atoms with Crippen LogP contribution >= 0.6 is 0 Å². The van der Waals surface area contributed by atoms with Crippen LogP contribution in [0, 0.1) is 34.1 Å². The molecule has 0 saturated carbocycles. The molecule has 0 spiro atoms. The minimum Gasteiger partial charge on any atom is -0.392 e. The summed E-state index contributed by atoms with van der Waals surface area (Å²) in [5.74, 6) is 1.24. The van der Waals surface area contributed by atoms with Gasteiger partial charge >= 0.3 is 0 Å². The fourth-order valence-electron chi connectivity index (χ4n) is 3.05. The van der Waals surface area contributed by atoms with Crippen molar-refractivity contribution in [2.75, 3.05) is 0 Å². The lowest BCUT2D eigenvalue weighted by Crippen LogP contribution is -2.04. The fourth-order valence-corrected chi connectivity index (χ4v) is 3.05. The van der Waals surface area contributed by atoms with Crippen LogP contribution in [0.2, 0.25) is 0 Å². The van der Waals surface area contributed by atoms with Gasteiger partial charge in [-0.05, 0) is 26.0 Å². The average molecular weight is 468 g/mol. The molecular formula is C20H20N8O6. The van der Waals surface area contributed by atoms with Crippen molar-refractivity contribution in [2.45, 2.75) is 27.1 Å². The molecule has 0 atom stereocenters. The summed E-state index contributed by atoms with van der Waals surface area (Å²) in [5, 5.41) is 47.8. The Morgan fingerprint density at radius 2 is 1.44 bits per heavy atom. The number of nitro groups is 2. The highest BCUT2D eigenvalue weighted by atomic mass is 16.6. The summed E-state index contributed by atoms with van der Waals surface area (Å²) in [6.45, 7) is 2.91. The lowest BCUT2D eigenvalue weighted by Gasteiger charge is -2.07. The number of hydrogen-bond acceptors (Lipinski definition) is 10. The first kappa shape index (κ1) is 24.1. The Morgan fingerprint density at radius 3 is 1.88 bits per heavy atom. The number of aromatic nitrogens is 6. The van der Waals surface area contributed by atoms with Crippen molar-refractivity contribution >= 4 is 11.4 Å². The van der Waals surface area contributed by atoms with E-state index in [1.165, 1.54) is 52.4 Å². The minimum atomic E-state index is -0.504. The number of aliphatic hydroxyl groups excluding tert-OH is 2. The van der Waals surface area contributed by atoms with Crippen LogP contribution in [0.3, 0.4) is 0 Å². The zero-order valence-corrected chi connectivity index (χ0v) is 18.1. The predicted molar refractivity (Wildman–Crippen MR) is 117 cm³/mol. The first-order valence-electron chi connectivity index (χ1n) is 9.77. The molecule has 34 heavy (non-hydrogen) atoms. The maximum absolute atomic E-state index is 10.6. The molecule has 0 amide bonds. The third-order valence-corrected chi connectivity index (χ3v) is 4.69. The van der Waals surface area contributed by atoms with Crippen LogP contribution in [0.1, 0.15) is 22.8 Å². The Labute approximate surface area is 192 Å². The number of aliphatic hydroxyl groups is 2. The standard InChI is InChI=1S/2C10H10N4O3/c1-7-11-6-13(12-7)10-3-2-9(14(16)17)4-8(10)5-15;1-7-11-6-12-13(7)10-3-2-9(14(16)17)4-8(10)5-15/h2*2-4,6,15H,5H2,1H3. The average Bonchev–Trinajstić information content (AvgIpc) is 3.46. The normalized spacial score (nSPS) is 10.5. The summed E-state index contributed by atoms with van der Waals surface area (Å²) in [5.41, 5.74) is 1.92. The largest absolute Gasteiger partial charge is 0.392 e. The molecule has 2 aromatic carbocycles. The highest BCUT2D eigenvalue weighted by Gasteiger charge is 2.14. The van der Waals surface area contributed by atoms with Gasteiger partial charge in [0.05, 0.1) is 34.4 Å². The number of nitro benzene ring substituents is 2. The molecule has 0 aliphatic rings. The van der Waals surface area contributed by atoms with E-state index in [2.05, 4.69) is 20.2 Å². The predicted octanol–water partition coefficient (Wildman–Crippen LogP) is 1.95. The zero-order chi connectivity index (χ0) is 24.8. The van der Waals surface area contributed by atoms with E-state index in [1.54, 1.807) is 19.9 Å². The van der Waals surface area contributed by atoms with Crippen LogP contribution in [-0.2, 0) is 13.2 Å². The number of rotatable bonds is 6. The van der Waals surface area contributed by atoms with E-state index < -0.39 is 9.85 Å².